The van der Waals surface area contributed by atoms with Gasteiger partial charge in [-0.1, -0.05) is 24.3 Å². The smallest absolute Gasteiger partial charge is 0.317 e. The molecule has 0 bridgehead atoms. The third-order valence-corrected chi connectivity index (χ3v) is 4.21. The molecular weight excluding hydrogens is 307 g/mol. The van der Waals surface area contributed by atoms with Crippen molar-refractivity contribution in [2.24, 2.45) is 0 Å². The second-order valence-corrected chi connectivity index (χ2v) is 5.84. The quantitative estimate of drug-likeness (QED) is 0.887. The first-order valence-corrected chi connectivity index (χ1v) is 8.17. The molecule has 2 N–H and O–H groups in total. The third kappa shape index (κ3) is 4.01. The molecule has 1 aromatic carbocycles. The van der Waals surface area contributed by atoms with Gasteiger partial charge < -0.3 is 15.5 Å². The van der Waals surface area contributed by atoms with Crippen molar-refractivity contribution in [3.63, 3.8) is 0 Å². The number of carbonyl (C=O) groups is 1. The Hall–Kier alpha value is -2.63. The van der Waals surface area contributed by atoms with E-state index in [0.29, 0.717) is 12.1 Å². The van der Waals surface area contributed by atoms with Gasteiger partial charge in [0.15, 0.2) is 0 Å². The van der Waals surface area contributed by atoms with E-state index in [1.54, 1.807) is 24.4 Å². The van der Waals surface area contributed by atoms with Crippen LogP contribution in [0.15, 0.2) is 48.7 Å². The lowest BCUT2D eigenvalue weighted by molar-refractivity contribution is 0.194. The first kappa shape index (κ1) is 16.2. The summed E-state index contributed by atoms with van der Waals surface area (Å²) in [5.74, 6) is 0.503. The van der Waals surface area contributed by atoms with Gasteiger partial charge in [-0.15, -0.1) is 0 Å². The minimum atomic E-state index is -0.299. The summed E-state index contributed by atoms with van der Waals surface area (Å²) >= 11 is 0. The van der Waals surface area contributed by atoms with Crippen molar-refractivity contribution in [1.82, 2.24) is 15.2 Å². The van der Waals surface area contributed by atoms with Gasteiger partial charge in [0.2, 0.25) is 0 Å². The van der Waals surface area contributed by atoms with Gasteiger partial charge in [-0.05, 0) is 31.0 Å². The summed E-state index contributed by atoms with van der Waals surface area (Å²) in [6.07, 6.45) is 3.66. The SMILES string of the molecule is O=C(NCc1ccccc1F)N1CCCC1CNc1ccccn1. The number of amides is 2. The lowest BCUT2D eigenvalue weighted by atomic mass is 10.2. The Morgan fingerprint density at radius 1 is 1.25 bits per heavy atom. The van der Waals surface area contributed by atoms with Crippen molar-refractivity contribution in [3.05, 3.63) is 60.0 Å². The van der Waals surface area contributed by atoms with Crippen LogP contribution in [-0.4, -0.2) is 35.0 Å². The highest BCUT2D eigenvalue weighted by Crippen LogP contribution is 2.18. The summed E-state index contributed by atoms with van der Waals surface area (Å²) in [7, 11) is 0. The maximum Gasteiger partial charge on any atom is 0.317 e. The predicted molar refractivity (Wildman–Crippen MR) is 91.1 cm³/mol. The molecular formula is C18H21FN4O. The Balaban J connectivity index is 1.52. The van der Waals surface area contributed by atoms with Gasteiger partial charge in [-0.2, -0.15) is 0 Å². The fourth-order valence-corrected chi connectivity index (χ4v) is 2.92. The van der Waals surface area contributed by atoms with E-state index >= 15 is 0 Å². The molecule has 126 valence electrons. The fourth-order valence-electron chi connectivity index (χ4n) is 2.92. The monoisotopic (exact) mass is 328 g/mol. The van der Waals surface area contributed by atoms with Gasteiger partial charge in [0, 0.05) is 31.4 Å². The number of hydrogen-bond donors (Lipinski definition) is 2. The molecule has 6 heteroatoms. The summed E-state index contributed by atoms with van der Waals surface area (Å²) < 4.78 is 13.6. The number of benzene rings is 1. The third-order valence-electron chi connectivity index (χ3n) is 4.21. The van der Waals surface area contributed by atoms with Crippen LogP contribution in [0.1, 0.15) is 18.4 Å². The van der Waals surface area contributed by atoms with Gasteiger partial charge in [-0.3, -0.25) is 0 Å². The number of nitrogens with one attached hydrogen (secondary N) is 2. The molecule has 1 unspecified atom stereocenters. The zero-order valence-electron chi connectivity index (χ0n) is 13.4. The molecule has 2 amide bonds. The summed E-state index contributed by atoms with van der Waals surface area (Å²) in [4.78, 5) is 18.4. The molecule has 3 rings (SSSR count). The number of halogens is 1. The molecule has 24 heavy (non-hydrogen) atoms. The van der Waals surface area contributed by atoms with E-state index in [9.17, 15) is 9.18 Å². The number of hydrogen-bond acceptors (Lipinski definition) is 3. The second kappa shape index (κ2) is 7.77. The van der Waals surface area contributed by atoms with E-state index in [1.165, 1.54) is 6.07 Å². The van der Waals surface area contributed by atoms with Gasteiger partial charge in [0.25, 0.3) is 0 Å². The van der Waals surface area contributed by atoms with Crippen LogP contribution in [0.3, 0.4) is 0 Å². The van der Waals surface area contributed by atoms with Crippen molar-refractivity contribution in [2.75, 3.05) is 18.4 Å². The summed E-state index contributed by atoms with van der Waals surface area (Å²) in [6.45, 7) is 1.57. The summed E-state index contributed by atoms with van der Waals surface area (Å²) in [5, 5.41) is 6.08. The van der Waals surface area contributed by atoms with E-state index in [1.807, 2.05) is 23.1 Å². The van der Waals surface area contributed by atoms with Gasteiger partial charge in [-0.25, -0.2) is 14.2 Å². The first-order chi connectivity index (χ1) is 11.7. The lowest BCUT2D eigenvalue weighted by Gasteiger charge is -2.25. The molecule has 5 nitrogen and oxygen atoms in total. The highest BCUT2D eigenvalue weighted by atomic mass is 19.1. The van der Waals surface area contributed by atoms with Gasteiger partial charge in [0.05, 0.1) is 6.04 Å². The van der Waals surface area contributed by atoms with Crippen molar-refractivity contribution in [2.45, 2.75) is 25.4 Å². The number of carbonyl (C=O) groups excluding carboxylic acids is 1. The Bertz CT molecular complexity index is 680. The van der Waals surface area contributed by atoms with E-state index in [2.05, 4.69) is 15.6 Å². The Kier molecular flexibility index (Phi) is 5.25. The van der Waals surface area contributed by atoms with E-state index < -0.39 is 0 Å². The summed E-state index contributed by atoms with van der Waals surface area (Å²) in [5.41, 5.74) is 0.494. The molecule has 1 atom stereocenters. The van der Waals surface area contributed by atoms with E-state index in [4.69, 9.17) is 0 Å². The zero-order valence-corrected chi connectivity index (χ0v) is 13.4. The van der Waals surface area contributed by atoms with Crippen LogP contribution < -0.4 is 10.6 Å². The largest absolute Gasteiger partial charge is 0.368 e. The number of aromatic nitrogens is 1. The average molecular weight is 328 g/mol. The van der Waals surface area contributed by atoms with E-state index in [0.717, 1.165) is 25.2 Å². The summed E-state index contributed by atoms with van der Waals surface area (Å²) in [6, 6.07) is 12.1. The fraction of sp³-hybridized carbons (Fsp3) is 0.333. The molecule has 1 saturated heterocycles. The molecule has 0 saturated carbocycles. The van der Waals surface area contributed by atoms with Crippen molar-refractivity contribution >= 4 is 11.8 Å². The van der Waals surface area contributed by atoms with Crippen molar-refractivity contribution < 1.29 is 9.18 Å². The minimum absolute atomic E-state index is 0.118. The normalized spacial score (nSPS) is 16.9. The molecule has 1 aliphatic rings. The van der Waals surface area contributed by atoms with Crippen LogP contribution in [0.5, 0.6) is 0 Å². The molecule has 2 heterocycles. The van der Waals surface area contributed by atoms with Gasteiger partial charge in [0.1, 0.15) is 11.6 Å². The maximum absolute atomic E-state index is 13.6. The maximum atomic E-state index is 13.6. The van der Waals surface area contributed by atoms with Crippen molar-refractivity contribution in [1.29, 1.82) is 0 Å². The predicted octanol–water partition coefficient (Wildman–Crippen LogP) is 3.01. The van der Waals surface area contributed by atoms with Crippen LogP contribution in [0.2, 0.25) is 0 Å². The van der Waals surface area contributed by atoms with Gasteiger partial charge >= 0.3 is 6.03 Å². The Labute approximate surface area is 140 Å². The molecule has 0 spiro atoms. The molecule has 1 aliphatic heterocycles. The topological polar surface area (TPSA) is 57.3 Å². The first-order valence-electron chi connectivity index (χ1n) is 8.17. The molecule has 1 aromatic heterocycles. The highest BCUT2D eigenvalue weighted by Gasteiger charge is 2.28. The standard InChI is InChI=1S/C18H21FN4O/c19-16-8-2-1-6-14(16)12-22-18(24)23-11-5-7-15(23)13-21-17-9-3-4-10-20-17/h1-4,6,8-10,15H,5,7,11-13H2,(H,20,21)(H,22,24). The molecule has 2 aromatic rings. The number of rotatable bonds is 5. The Morgan fingerprint density at radius 2 is 2.08 bits per heavy atom. The number of nitrogens with zero attached hydrogens (tertiary/aromatic N) is 2. The minimum Gasteiger partial charge on any atom is -0.368 e. The average Bonchev–Trinajstić information content (AvgIpc) is 3.08. The van der Waals surface area contributed by atoms with Crippen LogP contribution in [-0.2, 0) is 6.54 Å². The number of likely N-dealkylation sites (tertiary alicyclic amines) is 1. The number of anilines is 1. The Morgan fingerprint density at radius 3 is 2.88 bits per heavy atom. The van der Waals surface area contributed by atoms with Crippen LogP contribution >= 0.6 is 0 Å². The number of urea groups is 1. The lowest BCUT2D eigenvalue weighted by Crippen LogP contribution is -2.45. The van der Waals surface area contributed by atoms with Crippen molar-refractivity contribution in [3.8, 4) is 0 Å². The molecule has 0 aliphatic carbocycles. The van der Waals surface area contributed by atoms with Crippen LogP contribution in [0, 0.1) is 5.82 Å². The second-order valence-electron chi connectivity index (χ2n) is 5.84. The van der Waals surface area contributed by atoms with Crippen LogP contribution in [0.25, 0.3) is 0 Å². The van der Waals surface area contributed by atoms with Crippen LogP contribution in [0.4, 0.5) is 15.0 Å². The number of pyridine rings is 1. The van der Waals surface area contributed by atoms with E-state index in [-0.39, 0.29) is 24.4 Å². The zero-order chi connectivity index (χ0) is 16.8. The molecule has 0 radical (unpaired) electrons. The molecule has 1 fully saturated rings. The highest BCUT2D eigenvalue weighted by molar-refractivity contribution is 5.75.